The maximum Gasteiger partial charge on any atom is 0.142 e. The summed E-state index contributed by atoms with van der Waals surface area (Å²) in [6, 6.07) is 2.48. The second kappa shape index (κ2) is 4.58. The second-order valence-corrected chi connectivity index (χ2v) is 6.61. The molecule has 76 valence electrons. The van der Waals surface area contributed by atoms with Crippen molar-refractivity contribution in [2.75, 3.05) is 6.54 Å². The summed E-state index contributed by atoms with van der Waals surface area (Å²) in [5, 5.41) is 13.2. The van der Waals surface area contributed by atoms with Crippen LogP contribution in [-0.2, 0) is 0 Å². The van der Waals surface area contributed by atoms with E-state index in [0.717, 1.165) is 13.7 Å². The first-order valence-corrected chi connectivity index (χ1v) is 7.44. The average molecular weight is 527 g/mol. The van der Waals surface area contributed by atoms with Crippen LogP contribution in [0.3, 0.4) is 0 Å². The van der Waals surface area contributed by atoms with Crippen LogP contribution in [-0.4, -0.2) is 11.7 Å². The maximum absolute atomic E-state index is 9.83. The predicted molar refractivity (Wildman–Crippen MR) is 81.6 cm³/mol. The Bertz CT molecular complexity index is 377. The zero-order valence-electron chi connectivity index (χ0n) is 7.15. The number of hydrogen-bond acceptors (Lipinski definition) is 2. The SMILES string of the molecule is Oc1c(I)cc(I)c([C@H]2CCN2)c1I. The van der Waals surface area contributed by atoms with Crippen molar-refractivity contribution in [3.63, 3.8) is 0 Å². The van der Waals surface area contributed by atoms with Gasteiger partial charge in [0.15, 0.2) is 0 Å². The number of phenols is 1. The van der Waals surface area contributed by atoms with E-state index in [0.29, 0.717) is 11.8 Å². The van der Waals surface area contributed by atoms with Gasteiger partial charge in [-0.1, -0.05) is 0 Å². The minimum absolute atomic E-state index is 0.426. The van der Waals surface area contributed by atoms with Gasteiger partial charge in [0.1, 0.15) is 5.75 Å². The lowest BCUT2D eigenvalue weighted by Crippen LogP contribution is -2.36. The van der Waals surface area contributed by atoms with Crippen molar-refractivity contribution in [1.29, 1.82) is 0 Å². The highest BCUT2D eigenvalue weighted by atomic mass is 127. The third-order valence-electron chi connectivity index (χ3n) is 2.35. The van der Waals surface area contributed by atoms with E-state index in [1.165, 1.54) is 15.6 Å². The second-order valence-electron chi connectivity index (χ2n) is 3.21. The zero-order chi connectivity index (χ0) is 10.3. The number of nitrogens with one attached hydrogen (secondary N) is 1. The van der Waals surface area contributed by atoms with Gasteiger partial charge in [-0.15, -0.1) is 0 Å². The number of halogens is 3. The molecule has 2 N–H and O–H groups in total. The summed E-state index contributed by atoms with van der Waals surface area (Å²) in [7, 11) is 0. The topological polar surface area (TPSA) is 32.3 Å². The molecule has 2 nitrogen and oxygen atoms in total. The quantitative estimate of drug-likeness (QED) is 0.551. The van der Waals surface area contributed by atoms with E-state index in [1.807, 2.05) is 6.07 Å². The molecule has 0 radical (unpaired) electrons. The molecule has 0 aromatic heterocycles. The van der Waals surface area contributed by atoms with Gasteiger partial charge in [0.2, 0.25) is 0 Å². The van der Waals surface area contributed by atoms with Crippen molar-refractivity contribution in [3.05, 3.63) is 22.3 Å². The van der Waals surface area contributed by atoms with E-state index in [2.05, 4.69) is 73.1 Å². The highest BCUT2D eigenvalue weighted by molar-refractivity contribution is 14.1. The van der Waals surface area contributed by atoms with Crippen LogP contribution in [0.1, 0.15) is 18.0 Å². The van der Waals surface area contributed by atoms with Gasteiger partial charge < -0.3 is 10.4 Å². The summed E-state index contributed by atoms with van der Waals surface area (Å²) >= 11 is 6.73. The molecule has 0 aliphatic carbocycles. The summed E-state index contributed by atoms with van der Waals surface area (Å²) in [6.45, 7) is 1.09. The molecule has 1 atom stereocenters. The largest absolute Gasteiger partial charge is 0.506 e. The predicted octanol–water partition coefficient (Wildman–Crippen LogP) is 3.24. The van der Waals surface area contributed by atoms with Crippen molar-refractivity contribution in [3.8, 4) is 5.75 Å². The van der Waals surface area contributed by atoms with Crippen LogP contribution in [0.5, 0.6) is 5.75 Å². The van der Waals surface area contributed by atoms with E-state index >= 15 is 0 Å². The molecule has 1 aromatic rings. The highest BCUT2D eigenvalue weighted by Gasteiger charge is 2.25. The Balaban J connectivity index is 2.52. The van der Waals surface area contributed by atoms with Crippen molar-refractivity contribution >= 4 is 67.8 Å². The van der Waals surface area contributed by atoms with Gasteiger partial charge in [-0.3, -0.25) is 0 Å². The maximum atomic E-state index is 9.83. The molecule has 0 amide bonds. The number of benzene rings is 1. The fourth-order valence-electron chi connectivity index (χ4n) is 1.45. The van der Waals surface area contributed by atoms with Gasteiger partial charge in [0.25, 0.3) is 0 Å². The number of phenolic OH excluding ortho intramolecular Hbond substituents is 1. The van der Waals surface area contributed by atoms with Gasteiger partial charge in [0, 0.05) is 9.61 Å². The molecule has 1 fully saturated rings. The molecule has 0 unspecified atom stereocenters. The Labute approximate surface area is 124 Å². The first-order chi connectivity index (χ1) is 6.61. The van der Waals surface area contributed by atoms with Crippen LogP contribution in [0, 0.1) is 10.7 Å². The minimum Gasteiger partial charge on any atom is -0.506 e. The van der Waals surface area contributed by atoms with Crippen LogP contribution in [0.25, 0.3) is 0 Å². The van der Waals surface area contributed by atoms with Crippen molar-refractivity contribution < 1.29 is 5.11 Å². The van der Waals surface area contributed by atoms with E-state index in [4.69, 9.17) is 0 Å². The summed E-state index contributed by atoms with van der Waals surface area (Å²) in [4.78, 5) is 0. The van der Waals surface area contributed by atoms with E-state index in [9.17, 15) is 5.11 Å². The molecule has 1 saturated heterocycles. The zero-order valence-corrected chi connectivity index (χ0v) is 13.6. The Morgan fingerprint density at radius 1 is 1.29 bits per heavy atom. The Hall–Kier alpha value is 1.17. The molecule has 1 heterocycles. The van der Waals surface area contributed by atoms with Crippen LogP contribution < -0.4 is 5.32 Å². The van der Waals surface area contributed by atoms with Crippen LogP contribution in [0.4, 0.5) is 0 Å². The van der Waals surface area contributed by atoms with Crippen LogP contribution in [0.2, 0.25) is 0 Å². The molecule has 0 spiro atoms. The lowest BCUT2D eigenvalue weighted by Gasteiger charge is -2.30. The standard InChI is InChI=1S/C9H8I3NO/c10-4-3-5(11)9(14)8(12)7(4)6-1-2-13-6/h3,6,13-14H,1-2H2/t6-/m1/s1. The molecule has 5 heteroatoms. The first-order valence-electron chi connectivity index (χ1n) is 4.21. The number of rotatable bonds is 1. The molecule has 0 bridgehead atoms. The summed E-state index contributed by atoms with van der Waals surface area (Å²) in [5.41, 5.74) is 1.26. The fourth-order valence-corrected chi connectivity index (χ4v) is 5.57. The third kappa shape index (κ3) is 2.01. The van der Waals surface area contributed by atoms with E-state index in [1.54, 1.807) is 0 Å². The normalized spacial score (nSPS) is 20.6. The van der Waals surface area contributed by atoms with Crippen molar-refractivity contribution in [1.82, 2.24) is 5.32 Å². The van der Waals surface area contributed by atoms with Crippen molar-refractivity contribution in [2.24, 2.45) is 0 Å². The Morgan fingerprint density at radius 2 is 1.93 bits per heavy atom. The third-order valence-corrected chi connectivity index (χ3v) is 5.16. The molecular weight excluding hydrogens is 519 g/mol. The fraction of sp³-hybridized carbons (Fsp3) is 0.333. The molecule has 1 aliphatic rings. The smallest absolute Gasteiger partial charge is 0.142 e. The summed E-state index contributed by atoms with van der Waals surface area (Å²) in [6.07, 6.45) is 1.17. The van der Waals surface area contributed by atoms with E-state index < -0.39 is 0 Å². The first kappa shape index (κ1) is 11.6. The summed E-state index contributed by atoms with van der Waals surface area (Å²) < 4.78 is 3.17. The highest BCUT2D eigenvalue weighted by Crippen LogP contribution is 2.38. The summed E-state index contributed by atoms with van der Waals surface area (Å²) in [5.74, 6) is 0.426. The monoisotopic (exact) mass is 527 g/mol. The van der Waals surface area contributed by atoms with Crippen LogP contribution >= 0.6 is 67.8 Å². The van der Waals surface area contributed by atoms with Gasteiger partial charge in [-0.25, -0.2) is 0 Å². The van der Waals surface area contributed by atoms with Crippen LogP contribution in [0.15, 0.2) is 6.07 Å². The van der Waals surface area contributed by atoms with Crippen molar-refractivity contribution in [2.45, 2.75) is 12.5 Å². The van der Waals surface area contributed by atoms with Gasteiger partial charge in [-0.05, 0) is 92.4 Å². The Kier molecular flexibility index (Phi) is 3.81. The lowest BCUT2D eigenvalue weighted by molar-refractivity contribution is 0.377. The van der Waals surface area contributed by atoms with E-state index in [-0.39, 0.29) is 0 Å². The molecule has 0 saturated carbocycles. The molecule has 1 aliphatic heterocycles. The molecule has 1 aromatic carbocycles. The average Bonchev–Trinajstić information content (AvgIpc) is 2.05. The molecule has 14 heavy (non-hydrogen) atoms. The molecule has 2 rings (SSSR count). The molecular formula is C9H8I3NO. The number of aromatic hydroxyl groups is 1. The lowest BCUT2D eigenvalue weighted by atomic mass is 9.98. The van der Waals surface area contributed by atoms with Gasteiger partial charge in [0.05, 0.1) is 7.14 Å². The van der Waals surface area contributed by atoms with Gasteiger partial charge >= 0.3 is 0 Å². The Morgan fingerprint density at radius 3 is 2.43 bits per heavy atom. The number of hydrogen-bond donors (Lipinski definition) is 2. The van der Waals surface area contributed by atoms with Gasteiger partial charge in [-0.2, -0.15) is 0 Å². The minimum atomic E-state index is 0.426.